The molecule has 1 atom stereocenters. The molecular formula is C8H17NO2. The molecule has 0 aliphatic rings. The first-order chi connectivity index (χ1) is 5.31. The highest BCUT2D eigenvalue weighted by Crippen LogP contribution is 1.95. The van der Waals surface area contributed by atoms with Crippen LogP contribution in [0.25, 0.3) is 0 Å². The number of hydrogen-bond donors (Lipinski definition) is 3. The summed E-state index contributed by atoms with van der Waals surface area (Å²) in [6, 6.07) is 0. The summed E-state index contributed by atoms with van der Waals surface area (Å²) in [4.78, 5) is 0. The summed E-state index contributed by atoms with van der Waals surface area (Å²) in [5.41, 5.74) is 0. The SMILES string of the molecule is C=CCCC(O)CNCCO. The molecule has 0 aromatic rings. The monoisotopic (exact) mass is 159 g/mol. The highest BCUT2D eigenvalue weighted by molar-refractivity contribution is 4.70. The van der Waals surface area contributed by atoms with Gasteiger partial charge in [0.15, 0.2) is 0 Å². The zero-order chi connectivity index (χ0) is 8.53. The van der Waals surface area contributed by atoms with E-state index in [1.807, 2.05) is 0 Å². The van der Waals surface area contributed by atoms with Gasteiger partial charge in [0, 0.05) is 13.1 Å². The van der Waals surface area contributed by atoms with E-state index in [9.17, 15) is 5.11 Å². The Morgan fingerprint density at radius 3 is 2.82 bits per heavy atom. The molecule has 66 valence electrons. The van der Waals surface area contributed by atoms with Crippen LogP contribution in [0, 0.1) is 0 Å². The van der Waals surface area contributed by atoms with Crippen molar-refractivity contribution in [3.63, 3.8) is 0 Å². The fraction of sp³-hybridized carbons (Fsp3) is 0.750. The van der Waals surface area contributed by atoms with Crippen molar-refractivity contribution in [1.82, 2.24) is 5.32 Å². The molecule has 0 fully saturated rings. The Bertz CT molecular complexity index is 96.1. The molecule has 0 bridgehead atoms. The quantitative estimate of drug-likeness (QED) is 0.359. The van der Waals surface area contributed by atoms with Gasteiger partial charge in [0.2, 0.25) is 0 Å². The van der Waals surface area contributed by atoms with Crippen LogP contribution in [0.1, 0.15) is 12.8 Å². The number of aliphatic hydroxyl groups excluding tert-OH is 2. The molecule has 0 aromatic heterocycles. The molecule has 0 saturated carbocycles. The Kier molecular flexibility index (Phi) is 7.46. The number of rotatable bonds is 7. The molecule has 0 aromatic carbocycles. The number of allylic oxidation sites excluding steroid dienone is 1. The van der Waals surface area contributed by atoms with E-state index in [1.165, 1.54) is 0 Å². The second-order valence-corrected chi connectivity index (χ2v) is 2.45. The van der Waals surface area contributed by atoms with E-state index >= 15 is 0 Å². The standard InChI is InChI=1S/C8H17NO2/c1-2-3-4-8(11)7-9-5-6-10/h2,8-11H,1,3-7H2. The van der Waals surface area contributed by atoms with Crippen molar-refractivity contribution in [3.8, 4) is 0 Å². The van der Waals surface area contributed by atoms with Crippen molar-refractivity contribution < 1.29 is 10.2 Å². The predicted octanol–water partition coefficient (Wildman–Crippen LogP) is -0.105. The van der Waals surface area contributed by atoms with Crippen molar-refractivity contribution >= 4 is 0 Å². The average molecular weight is 159 g/mol. The van der Waals surface area contributed by atoms with E-state index in [4.69, 9.17) is 5.11 Å². The van der Waals surface area contributed by atoms with Gasteiger partial charge in [0.1, 0.15) is 0 Å². The van der Waals surface area contributed by atoms with Gasteiger partial charge in [-0.1, -0.05) is 6.08 Å². The third-order valence-electron chi connectivity index (χ3n) is 1.37. The summed E-state index contributed by atoms with van der Waals surface area (Å²) in [6.45, 7) is 4.77. The van der Waals surface area contributed by atoms with Gasteiger partial charge in [-0.2, -0.15) is 0 Å². The average Bonchev–Trinajstić information content (AvgIpc) is 2.01. The molecule has 0 aliphatic carbocycles. The minimum atomic E-state index is -0.320. The number of aliphatic hydroxyl groups is 2. The van der Waals surface area contributed by atoms with Gasteiger partial charge in [-0.15, -0.1) is 6.58 Å². The summed E-state index contributed by atoms with van der Waals surface area (Å²) in [6.07, 6.45) is 3.04. The zero-order valence-corrected chi connectivity index (χ0v) is 6.79. The maximum atomic E-state index is 9.22. The first-order valence-corrected chi connectivity index (χ1v) is 3.91. The van der Waals surface area contributed by atoms with Gasteiger partial charge in [0.25, 0.3) is 0 Å². The molecule has 3 nitrogen and oxygen atoms in total. The van der Waals surface area contributed by atoms with E-state index < -0.39 is 0 Å². The summed E-state index contributed by atoms with van der Waals surface area (Å²) in [5.74, 6) is 0. The molecule has 0 rings (SSSR count). The Balaban J connectivity index is 3.08. The lowest BCUT2D eigenvalue weighted by molar-refractivity contribution is 0.159. The lowest BCUT2D eigenvalue weighted by Crippen LogP contribution is -2.28. The van der Waals surface area contributed by atoms with Gasteiger partial charge in [-0.05, 0) is 12.8 Å². The van der Waals surface area contributed by atoms with Crippen molar-refractivity contribution in [3.05, 3.63) is 12.7 Å². The van der Waals surface area contributed by atoms with Crippen molar-refractivity contribution in [2.75, 3.05) is 19.7 Å². The third kappa shape index (κ3) is 7.52. The largest absolute Gasteiger partial charge is 0.395 e. The van der Waals surface area contributed by atoms with E-state index in [0.29, 0.717) is 13.1 Å². The molecule has 1 unspecified atom stereocenters. The molecule has 0 aliphatic heterocycles. The van der Waals surface area contributed by atoms with Crippen LogP contribution in [0.5, 0.6) is 0 Å². The van der Waals surface area contributed by atoms with Crippen LogP contribution >= 0.6 is 0 Å². The summed E-state index contributed by atoms with van der Waals surface area (Å²) in [5, 5.41) is 20.5. The van der Waals surface area contributed by atoms with Crippen LogP contribution in [0.3, 0.4) is 0 Å². The summed E-state index contributed by atoms with van der Waals surface area (Å²) >= 11 is 0. The molecule has 0 spiro atoms. The fourth-order valence-electron chi connectivity index (χ4n) is 0.760. The van der Waals surface area contributed by atoms with Crippen LogP contribution in [0.15, 0.2) is 12.7 Å². The number of hydrogen-bond acceptors (Lipinski definition) is 3. The van der Waals surface area contributed by atoms with E-state index in [2.05, 4.69) is 11.9 Å². The van der Waals surface area contributed by atoms with E-state index in [-0.39, 0.29) is 12.7 Å². The van der Waals surface area contributed by atoms with Crippen LogP contribution in [-0.4, -0.2) is 36.0 Å². The highest BCUT2D eigenvalue weighted by atomic mass is 16.3. The van der Waals surface area contributed by atoms with Gasteiger partial charge < -0.3 is 15.5 Å². The van der Waals surface area contributed by atoms with Gasteiger partial charge >= 0.3 is 0 Å². The molecule has 3 N–H and O–H groups in total. The Labute approximate surface area is 67.7 Å². The minimum Gasteiger partial charge on any atom is -0.395 e. The lowest BCUT2D eigenvalue weighted by atomic mass is 10.2. The summed E-state index contributed by atoms with van der Waals surface area (Å²) < 4.78 is 0. The molecule has 0 amide bonds. The van der Waals surface area contributed by atoms with E-state index in [1.54, 1.807) is 6.08 Å². The van der Waals surface area contributed by atoms with Crippen LogP contribution in [-0.2, 0) is 0 Å². The first kappa shape index (κ1) is 10.6. The maximum absolute atomic E-state index is 9.22. The molecular weight excluding hydrogens is 142 g/mol. The van der Waals surface area contributed by atoms with Crippen molar-refractivity contribution in [2.24, 2.45) is 0 Å². The predicted molar refractivity (Wildman–Crippen MR) is 45.4 cm³/mol. The normalized spacial score (nSPS) is 12.9. The van der Waals surface area contributed by atoms with Crippen molar-refractivity contribution in [1.29, 1.82) is 0 Å². The van der Waals surface area contributed by atoms with Crippen LogP contribution < -0.4 is 5.32 Å². The third-order valence-corrected chi connectivity index (χ3v) is 1.37. The van der Waals surface area contributed by atoms with Gasteiger partial charge in [0.05, 0.1) is 12.7 Å². The van der Waals surface area contributed by atoms with Crippen molar-refractivity contribution in [2.45, 2.75) is 18.9 Å². The van der Waals surface area contributed by atoms with Crippen LogP contribution in [0.2, 0.25) is 0 Å². The van der Waals surface area contributed by atoms with E-state index in [0.717, 1.165) is 12.8 Å². The summed E-state index contributed by atoms with van der Waals surface area (Å²) in [7, 11) is 0. The van der Waals surface area contributed by atoms with Gasteiger partial charge in [-0.25, -0.2) is 0 Å². The fourth-order valence-corrected chi connectivity index (χ4v) is 0.760. The molecule has 11 heavy (non-hydrogen) atoms. The Morgan fingerprint density at radius 2 is 2.27 bits per heavy atom. The topological polar surface area (TPSA) is 52.5 Å². The highest BCUT2D eigenvalue weighted by Gasteiger charge is 2.00. The molecule has 3 heteroatoms. The molecule has 0 saturated heterocycles. The Hall–Kier alpha value is -0.380. The second-order valence-electron chi connectivity index (χ2n) is 2.45. The smallest absolute Gasteiger partial charge is 0.0667 e. The minimum absolute atomic E-state index is 0.119. The van der Waals surface area contributed by atoms with Gasteiger partial charge in [-0.3, -0.25) is 0 Å². The van der Waals surface area contributed by atoms with Crippen LogP contribution in [0.4, 0.5) is 0 Å². The zero-order valence-electron chi connectivity index (χ0n) is 6.79. The molecule has 0 radical (unpaired) electrons. The maximum Gasteiger partial charge on any atom is 0.0667 e. The molecule has 0 heterocycles. The Morgan fingerprint density at radius 1 is 1.55 bits per heavy atom. The second kappa shape index (κ2) is 7.72. The lowest BCUT2D eigenvalue weighted by Gasteiger charge is -2.08. The first-order valence-electron chi connectivity index (χ1n) is 3.91. The number of nitrogens with one attached hydrogen (secondary N) is 1.